The Hall–Kier alpha value is -1.39. The molecule has 0 amide bonds. The van der Waals surface area contributed by atoms with Gasteiger partial charge in [0.2, 0.25) is 0 Å². The summed E-state index contributed by atoms with van der Waals surface area (Å²) in [6.07, 6.45) is 2.43. The number of carbonyl (C=O) groups is 1. The largest absolute Gasteiger partial charge is 0.494 e. The van der Waals surface area contributed by atoms with E-state index in [1.807, 2.05) is 12.1 Å². The third-order valence-electron chi connectivity index (χ3n) is 3.38. The Kier molecular flexibility index (Phi) is 5.56. The van der Waals surface area contributed by atoms with Crippen LogP contribution < -0.4 is 4.74 Å². The normalized spacial score (nSPS) is 23.5. The molecule has 20 heavy (non-hydrogen) atoms. The molecule has 0 N–H and O–H groups in total. The predicted molar refractivity (Wildman–Crippen MR) is 78.4 cm³/mol. The van der Waals surface area contributed by atoms with Crippen molar-refractivity contribution in [2.24, 2.45) is 0 Å². The minimum absolute atomic E-state index is 0.309. The molecule has 1 saturated heterocycles. The van der Waals surface area contributed by atoms with Crippen LogP contribution in [0.25, 0.3) is 0 Å². The highest BCUT2D eigenvalue weighted by molar-refractivity contribution is 5.75. The summed E-state index contributed by atoms with van der Waals surface area (Å²) >= 11 is 0. The van der Waals surface area contributed by atoms with Crippen LogP contribution in [0.4, 0.5) is 0 Å². The van der Waals surface area contributed by atoms with Crippen LogP contribution in [-0.4, -0.2) is 49.6 Å². The van der Waals surface area contributed by atoms with Gasteiger partial charge in [0.15, 0.2) is 0 Å². The Bertz CT molecular complexity index is 425. The highest BCUT2D eigenvalue weighted by atomic mass is 16.5. The number of rotatable bonds is 6. The molecule has 2 unspecified atom stereocenters. The van der Waals surface area contributed by atoms with Crippen LogP contribution in [0.15, 0.2) is 24.3 Å². The van der Waals surface area contributed by atoms with Gasteiger partial charge in [-0.2, -0.15) is 0 Å². The lowest BCUT2D eigenvalue weighted by molar-refractivity contribution is -0.0686. The van der Waals surface area contributed by atoms with E-state index in [1.54, 1.807) is 12.1 Å². The lowest BCUT2D eigenvalue weighted by atomic mass is 10.2. The molecule has 0 aliphatic carbocycles. The van der Waals surface area contributed by atoms with Crippen molar-refractivity contribution in [3.63, 3.8) is 0 Å². The van der Waals surface area contributed by atoms with Crippen molar-refractivity contribution in [1.29, 1.82) is 0 Å². The molecule has 2 atom stereocenters. The Morgan fingerprint density at radius 1 is 1.35 bits per heavy atom. The van der Waals surface area contributed by atoms with Gasteiger partial charge in [0.05, 0.1) is 18.8 Å². The number of hydrogen-bond acceptors (Lipinski definition) is 4. The van der Waals surface area contributed by atoms with Crippen LogP contribution in [0, 0.1) is 0 Å². The first-order valence-electron chi connectivity index (χ1n) is 7.23. The third-order valence-corrected chi connectivity index (χ3v) is 3.38. The number of carbonyl (C=O) groups excluding carboxylic acids is 1. The van der Waals surface area contributed by atoms with Gasteiger partial charge in [0, 0.05) is 25.2 Å². The molecule has 4 nitrogen and oxygen atoms in total. The van der Waals surface area contributed by atoms with Gasteiger partial charge >= 0.3 is 0 Å². The van der Waals surface area contributed by atoms with Gasteiger partial charge in [-0.25, -0.2) is 0 Å². The first-order valence-corrected chi connectivity index (χ1v) is 7.23. The average Bonchev–Trinajstić information content (AvgIpc) is 2.43. The Labute approximate surface area is 120 Å². The SMILES string of the molecule is CC1CN(CCCOc2cccc(C=O)c2)CC(C)O1. The van der Waals surface area contributed by atoms with Crippen molar-refractivity contribution in [2.75, 3.05) is 26.2 Å². The van der Waals surface area contributed by atoms with Crippen LogP contribution in [0.5, 0.6) is 5.75 Å². The van der Waals surface area contributed by atoms with Gasteiger partial charge in [-0.15, -0.1) is 0 Å². The smallest absolute Gasteiger partial charge is 0.150 e. The topological polar surface area (TPSA) is 38.8 Å². The first kappa shape index (κ1) is 15.0. The molecule has 0 aromatic heterocycles. The van der Waals surface area contributed by atoms with Gasteiger partial charge in [-0.05, 0) is 32.4 Å². The number of benzene rings is 1. The fourth-order valence-corrected chi connectivity index (χ4v) is 2.62. The number of hydrogen-bond donors (Lipinski definition) is 0. The Morgan fingerprint density at radius 3 is 2.80 bits per heavy atom. The molecular weight excluding hydrogens is 254 g/mol. The molecule has 1 aromatic rings. The third kappa shape index (κ3) is 4.62. The van der Waals surface area contributed by atoms with E-state index >= 15 is 0 Å². The monoisotopic (exact) mass is 277 g/mol. The van der Waals surface area contributed by atoms with Gasteiger partial charge in [0.25, 0.3) is 0 Å². The van der Waals surface area contributed by atoms with E-state index in [4.69, 9.17) is 9.47 Å². The zero-order valence-electron chi connectivity index (χ0n) is 12.2. The van der Waals surface area contributed by atoms with Crippen LogP contribution in [0.1, 0.15) is 30.6 Å². The van der Waals surface area contributed by atoms with Crippen LogP contribution in [0.2, 0.25) is 0 Å². The quantitative estimate of drug-likeness (QED) is 0.591. The minimum atomic E-state index is 0.309. The summed E-state index contributed by atoms with van der Waals surface area (Å²) in [6, 6.07) is 7.26. The molecular formula is C16H23NO3. The van der Waals surface area contributed by atoms with Gasteiger partial charge in [-0.1, -0.05) is 12.1 Å². The zero-order chi connectivity index (χ0) is 14.4. The molecule has 1 aliphatic heterocycles. The number of nitrogens with zero attached hydrogens (tertiary/aromatic N) is 1. The molecule has 0 spiro atoms. The van der Waals surface area contributed by atoms with Gasteiger partial charge in [-0.3, -0.25) is 9.69 Å². The minimum Gasteiger partial charge on any atom is -0.494 e. The summed E-state index contributed by atoms with van der Waals surface area (Å²) in [5.74, 6) is 0.762. The molecule has 1 aliphatic rings. The molecule has 0 saturated carbocycles. The van der Waals surface area contributed by atoms with Crippen molar-refractivity contribution in [2.45, 2.75) is 32.5 Å². The van der Waals surface area contributed by atoms with Crippen molar-refractivity contribution in [3.05, 3.63) is 29.8 Å². The first-order chi connectivity index (χ1) is 9.67. The predicted octanol–water partition coefficient (Wildman–Crippen LogP) is 2.38. The molecule has 1 fully saturated rings. The summed E-state index contributed by atoms with van der Waals surface area (Å²) in [5, 5.41) is 0. The highest BCUT2D eigenvalue weighted by Gasteiger charge is 2.21. The Balaban J connectivity index is 1.69. The van der Waals surface area contributed by atoms with Crippen molar-refractivity contribution in [1.82, 2.24) is 4.90 Å². The molecule has 1 aromatic carbocycles. The van der Waals surface area contributed by atoms with Crippen LogP contribution in [0.3, 0.4) is 0 Å². The van der Waals surface area contributed by atoms with E-state index in [0.717, 1.165) is 38.1 Å². The fraction of sp³-hybridized carbons (Fsp3) is 0.562. The maximum absolute atomic E-state index is 10.7. The lowest BCUT2D eigenvalue weighted by Crippen LogP contribution is -2.45. The molecule has 0 radical (unpaired) electrons. The van der Waals surface area contributed by atoms with E-state index in [1.165, 1.54) is 0 Å². The summed E-state index contributed by atoms with van der Waals surface area (Å²) in [7, 11) is 0. The van der Waals surface area contributed by atoms with Gasteiger partial charge < -0.3 is 9.47 Å². The standard InChI is InChI=1S/C16H23NO3/c1-13-10-17(11-14(2)20-13)7-4-8-19-16-6-3-5-15(9-16)12-18/h3,5-6,9,12-14H,4,7-8,10-11H2,1-2H3. The maximum atomic E-state index is 10.7. The average molecular weight is 277 g/mol. The van der Waals surface area contributed by atoms with Crippen molar-refractivity contribution in [3.8, 4) is 5.75 Å². The van der Waals surface area contributed by atoms with E-state index < -0.39 is 0 Å². The highest BCUT2D eigenvalue weighted by Crippen LogP contribution is 2.13. The van der Waals surface area contributed by atoms with Crippen LogP contribution in [-0.2, 0) is 4.74 Å². The second kappa shape index (κ2) is 7.41. The second-order valence-corrected chi connectivity index (χ2v) is 5.41. The molecule has 0 bridgehead atoms. The summed E-state index contributed by atoms with van der Waals surface area (Å²) in [5.41, 5.74) is 0.651. The molecule has 2 rings (SSSR count). The fourth-order valence-electron chi connectivity index (χ4n) is 2.62. The Morgan fingerprint density at radius 2 is 2.10 bits per heavy atom. The van der Waals surface area contributed by atoms with E-state index in [-0.39, 0.29) is 0 Å². The number of morpholine rings is 1. The van der Waals surface area contributed by atoms with Gasteiger partial charge in [0.1, 0.15) is 12.0 Å². The zero-order valence-corrected chi connectivity index (χ0v) is 12.2. The number of aldehydes is 1. The van der Waals surface area contributed by atoms with E-state index in [0.29, 0.717) is 24.4 Å². The van der Waals surface area contributed by atoms with Crippen molar-refractivity contribution >= 4 is 6.29 Å². The summed E-state index contributed by atoms with van der Waals surface area (Å²) in [4.78, 5) is 13.1. The summed E-state index contributed by atoms with van der Waals surface area (Å²) < 4.78 is 11.4. The summed E-state index contributed by atoms with van der Waals surface area (Å²) in [6.45, 7) is 7.90. The lowest BCUT2D eigenvalue weighted by Gasteiger charge is -2.35. The van der Waals surface area contributed by atoms with Crippen molar-refractivity contribution < 1.29 is 14.3 Å². The maximum Gasteiger partial charge on any atom is 0.150 e. The number of ether oxygens (including phenoxy) is 2. The molecule has 4 heteroatoms. The van der Waals surface area contributed by atoms with Crippen LogP contribution >= 0.6 is 0 Å². The molecule has 110 valence electrons. The second-order valence-electron chi connectivity index (χ2n) is 5.41. The van der Waals surface area contributed by atoms with E-state index in [2.05, 4.69) is 18.7 Å². The van der Waals surface area contributed by atoms with E-state index in [9.17, 15) is 4.79 Å². The molecule has 1 heterocycles.